The smallest absolute Gasteiger partial charge is 0.188 e. The van der Waals surface area contributed by atoms with Crippen molar-refractivity contribution < 1.29 is 9.94 Å². The van der Waals surface area contributed by atoms with Gasteiger partial charge in [0.15, 0.2) is 5.84 Å². The van der Waals surface area contributed by atoms with Crippen LogP contribution < -0.4 is 5.73 Å². The SMILES string of the molecule is C[C@@H]1CN(Cc2ccnc(/C(N)=N/O)c2)C[C@H](C)O1. The van der Waals surface area contributed by atoms with E-state index < -0.39 is 0 Å². The summed E-state index contributed by atoms with van der Waals surface area (Å²) in [5, 5.41) is 11.6. The van der Waals surface area contributed by atoms with Crippen LogP contribution in [-0.2, 0) is 11.3 Å². The summed E-state index contributed by atoms with van der Waals surface area (Å²) in [4.78, 5) is 6.41. The van der Waals surface area contributed by atoms with E-state index in [0.29, 0.717) is 5.69 Å². The minimum atomic E-state index is 0.0329. The van der Waals surface area contributed by atoms with E-state index >= 15 is 0 Å². The number of ether oxygens (including phenoxy) is 1. The van der Waals surface area contributed by atoms with Crippen molar-refractivity contribution >= 4 is 5.84 Å². The number of nitrogens with two attached hydrogens (primary N) is 1. The van der Waals surface area contributed by atoms with Gasteiger partial charge < -0.3 is 15.7 Å². The molecule has 0 radical (unpaired) electrons. The van der Waals surface area contributed by atoms with Gasteiger partial charge in [-0.2, -0.15) is 0 Å². The van der Waals surface area contributed by atoms with Crippen molar-refractivity contribution in [2.24, 2.45) is 10.9 Å². The summed E-state index contributed by atoms with van der Waals surface area (Å²) in [7, 11) is 0. The molecule has 1 aliphatic heterocycles. The highest BCUT2D eigenvalue weighted by atomic mass is 16.5. The second-order valence-corrected chi connectivity index (χ2v) is 4.99. The van der Waals surface area contributed by atoms with Gasteiger partial charge in [0.25, 0.3) is 0 Å². The molecule has 2 heterocycles. The van der Waals surface area contributed by atoms with Crippen molar-refractivity contribution in [3.63, 3.8) is 0 Å². The van der Waals surface area contributed by atoms with Crippen LogP contribution in [0.4, 0.5) is 0 Å². The number of oxime groups is 1. The molecule has 0 bridgehead atoms. The van der Waals surface area contributed by atoms with E-state index in [2.05, 4.69) is 28.9 Å². The maximum atomic E-state index is 8.67. The van der Waals surface area contributed by atoms with Crippen molar-refractivity contribution in [3.8, 4) is 0 Å². The van der Waals surface area contributed by atoms with E-state index in [1.54, 1.807) is 6.20 Å². The first-order valence-corrected chi connectivity index (χ1v) is 6.39. The maximum absolute atomic E-state index is 8.67. The monoisotopic (exact) mass is 264 g/mol. The third kappa shape index (κ3) is 3.65. The topological polar surface area (TPSA) is 84.0 Å². The molecule has 0 aromatic carbocycles. The molecule has 1 fully saturated rings. The molecule has 1 aromatic heterocycles. The Morgan fingerprint density at radius 2 is 2.21 bits per heavy atom. The van der Waals surface area contributed by atoms with Crippen molar-refractivity contribution in [2.45, 2.75) is 32.6 Å². The number of pyridine rings is 1. The molecule has 0 unspecified atom stereocenters. The quantitative estimate of drug-likeness (QED) is 0.365. The molecule has 3 N–H and O–H groups in total. The number of rotatable bonds is 3. The maximum Gasteiger partial charge on any atom is 0.188 e. The van der Waals surface area contributed by atoms with Crippen LogP contribution >= 0.6 is 0 Å². The molecule has 1 aliphatic rings. The van der Waals surface area contributed by atoms with Crippen molar-refractivity contribution in [3.05, 3.63) is 29.6 Å². The zero-order chi connectivity index (χ0) is 13.8. The largest absolute Gasteiger partial charge is 0.409 e. The van der Waals surface area contributed by atoms with E-state index in [-0.39, 0.29) is 18.0 Å². The lowest BCUT2D eigenvalue weighted by Gasteiger charge is -2.35. The molecule has 6 heteroatoms. The zero-order valence-electron chi connectivity index (χ0n) is 11.3. The van der Waals surface area contributed by atoms with Crippen molar-refractivity contribution in [1.82, 2.24) is 9.88 Å². The fraction of sp³-hybridized carbons (Fsp3) is 0.538. The van der Waals surface area contributed by atoms with Crippen molar-refractivity contribution in [1.29, 1.82) is 0 Å². The Morgan fingerprint density at radius 3 is 2.84 bits per heavy atom. The van der Waals surface area contributed by atoms with Crippen molar-refractivity contribution in [2.75, 3.05) is 13.1 Å². The summed E-state index contributed by atoms with van der Waals surface area (Å²) in [6, 6.07) is 3.79. The highest BCUT2D eigenvalue weighted by Crippen LogP contribution is 2.14. The van der Waals surface area contributed by atoms with E-state index in [0.717, 1.165) is 25.2 Å². The number of hydrogen-bond donors (Lipinski definition) is 2. The molecule has 0 aliphatic carbocycles. The van der Waals surface area contributed by atoms with Gasteiger partial charge in [0.1, 0.15) is 5.69 Å². The summed E-state index contributed by atoms with van der Waals surface area (Å²) in [5.41, 5.74) is 7.13. The highest BCUT2D eigenvalue weighted by molar-refractivity contribution is 5.95. The number of amidine groups is 1. The molecule has 0 saturated carbocycles. The number of morpholine rings is 1. The van der Waals surface area contributed by atoms with E-state index in [4.69, 9.17) is 15.7 Å². The molecule has 6 nitrogen and oxygen atoms in total. The zero-order valence-corrected chi connectivity index (χ0v) is 11.3. The predicted molar refractivity (Wildman–Crippen MR) is 72.0 cm³/mol. The van der Waals surface area contributed by atoms with Crippen LogP contribution in [0.2, 0.25) is 0 Å². The van der Waals surface area contributed by atoms with Crippen LogP contribution in [0.15, 0.2) is 23.5 Å². The van der Waals surface area contributed by atoms with E-state index in [9.17, 15) is 0 Å². The summed E-state index contributed by atoms with van der Waals surface area (Å²) < 4.78 is 5.71. The lowest BCUT2D eigenvalue weighted by atomic mass is 10.1. The first kappa shape index (κ1) is 13.8. The predicted octanol–water partition coefficient (Wildman–Crippen LogP) is 0.785. The van der Waals surface area contributed by atoms with Gasteiger partial charge >= 0.3 is 0 Å². The van der Waals surface area contributed by atoms with Crippen LogP contribution in [0.5, 0.6) is 0 Å². The van der Waals surface area contributed by atoms with Gasteiger partial charge in [-0.05, 0) is 31.5 Å². The average Bonchev–Trinajstić information content (AvgIpc) is 2.37. The normalized spacial score (nSPS) is 25.5. The van der Waals surface area contributed by atoms with Gasteiger partial charge in [-0.1, -0.05) is 5.16 Å². The lowest BCUT2D eigenvalue weighted by Crippen LogP contribution is -2.44. The first-order chi connectivity index (χ1) is 9.08. The molecule has 1 aromatic rings. The molecule has 2 atom stereocenters. The van der Waals surface area contributed by atoms with Gasteiger partial charge in [0.2, 0.25) is 0 Å². The Kier molecular flexibility index (Phi) is 4.34. The first-order valence-electron chi connectivity index (χ1n) is 6.39. The van der Waals surface area contributed by atoms with Gasteiger partial charge in [-0.15, -0.1) is 0 Å². The minimum absolute atomic E-state index is 0.0329. The minimum Gasteiger partial charge on any atom is -0.409 e. The second kappa shape index (κ2) is 5.99. The fourth-order valence-corrected chi connectivity index (χ4v) is 2.44. The number of hydrogen-bond acceptors (Lipinski definition) is 5. The standard InChI is InChI=1S/C13H20N4O2/c1-9-6-17(7-10(2)19-9)8-11-3-4-15-12(5-11)13(14)16-18/h3-5,9-10,18H,6-8H2,1-2H3,(H2,14,16)/t9-,10+. The lowest BCUT2D eigenvalue weighted by molar-refractivity contribution is -0.0704. The molecule has 0 amide bonds. The molecular formula is C13H20N4O2. The van der Waals surface area contributed by atoms with Crippen LogP contribution in [0.1, 0.15) is 25.1 Å². The molecule has 0 spiro atoms. The van der Waals surface area contributed by atoms with Gasteiger partial charge in [-0.25, -0.2) is 0 Å². The Morgan fingerprint density at radius 1 is 1.53 bits per heavy atom. The van der Waals surface area contributed by atoms with E-state index in [1.807, 2.05) is 12.1 Å². The third-order valence-corrected chi connectivity index (χ3v) is 3.10. The number of nitrogens with zero attached hydrogens (tertiary/aromatic N) is 3. The molecule has 1 saturated heterocycles. The Bertz CT molecular complexity index is 454. The van der Waals surface area contributed by atoms with Crippen LogP contribution in [0, 0.1) is 0 Å². The second-order valence-electron chi connectivity index (χ2n) is 4.99. The Balaban J connectivity index is 2.06. The van der Waals surface area contributed by atoms with Gasteiger partial charge in [0, 0.05) is 25.8 Å². The molecule has 19 heavy (non-hydrogen) atoms. The van der Waals surface area contributed by atoms with Gasteiger partial charge in [-0.3, -0.25) is 9.88 Å². The average molecular weight is 264 g/mol. The summed E-state index contributed by atoms with van der Waals surface area (Å²) >= 11 is 0. The van der Waals surface area contributed by atoms with Crippen LogP contribution in [0.3, 0.4) is 0 Å². The Hall–Kier alpha value is -1.66. The van der Waals surface area contributed by atoms with Crippen LogP contribution in [-0.4, -0.2) is 46.2 Å². The Labute approximate surface area is 112 Å². The van der Waals surface area contributed by atoms with Gasteiger partial charge in [0.05, 0.1) is 12.2 Å². The third-order valence-electron chi connectivity index (χ3n) is 3.10. The highest BCUT2D eigenvalue weighted by Gasteiger charge is 2.22. The van der Waals surface area contributed by atoms with Crippen LogP contribution in [0.25, 0.3) is 0 Å². The fourth-order valence-electron chi connectivity index (χ4n) is 2.44. The summed E-state index contributed by atoms with van der Waals surface area (Å²) in [6.45, 7) is 6.79. The molecule has 104 valence electrons. The molecule has 2 rings (SSSR count). The van der Waals surface area contributed by atoms with E-state index in [1.165, 1.54) is 0 Å². The number of aromatic nitrogens is 1. The molecular weight excluding hydrogens is 244 g/mol. The summed E-state index contributed by atoms with van der Waals surface area (Å²) in [5.74, 6) is 0.0329. The summed E-state index contributed by atoms with van der Waals surface area (Å²) in [6.07, 6.45) is 2.17.